The van der Waals surface area contributed by atoms with Gasteiger partial charge in [-0.1, -0.05) is 32.8 Å². The molecule has 2 aromatic carbocycles. The molecule has 6 aliphatic rings. The average molecular weight is 1380 g/mol. The van der Waals surface area contributed by atoms with Gasteiger partial charge in [-0.3, -0.25) is 14.7 Å². The molecule has 12 rings (SSSR count). The number of alkyl halides is 6. The molecule has 0 bridgehead atoms. The minimum Gasteiger partial charge on any atom is -0.462 e. The number of piperazine rings is 1. The fourth-order valence-electron chi connectivity index (χ4n) is 14.3. The van der Waals surface area contributed by atoms with E-state index < -0.39 is 31.6 Å². The fourth-order valence-corrected chi connectivity index (χ4v) is 15.0. The number of halogens is 6. The number of carbonyl (C=O) groups excluding carboxylic acids is 2. The lowest BCUT2D eigenvalue weighted by atomic mass is 9.80. The number of likely N-dealkylation sites (N-methyl/N-ethyl adjacent to an activating group) is 2. The normalized spacial score (nSPS) is 20.9. The van der Waals surface area contributed by atoms with Crippen molar-refractivity contribution in [1.29, 1.82) is 10.5 Å². The maximum absolute atomic E-state index is 14.7. The molecule has 97 heavy (non-hydrogen) atoms. The van der Waals surface area contributed by atoms with E-state index in [1.807, 2.05) is 11.9 Å². The lowest BCUT2D eigenvalue weighted by Gasteiger charge is -2.42. The number of H-pyrrole nitrogens is 1. The molecule has 0 aliphatic carbocycles. The number of fused-ring (bicyclic) bond motifs is 4. The summed E-state index contributed by atoms with van der Waals surface area (Å²) in [5, 5.41) is 31.1. The maximum Gasteiger partial charge on any atom is 0.418 e. The van der Waals surface area contributed by atoms with Crippen LogP contribution in [0.5, 0.6) is 12.0 Å². The van der Waals surface area contributed by atoms with Crippen molar-refractivity contribution in [2.24, 2.45) is 11.8 Å². The molecule has 6 aromatic rings. The van der Waals surface area contributed by atoms with Crippen molar-refractivity contribution in [3.8, 4) is 24.2 Å². The van der Waals surface area contributed by atoms with E-state index in [1.54, 1.807) is 19.4 Å². The quantitative estimate of drug-likeness (QED) is 0.0324. The van der Waals surface area contributed by atoms with Gasteiger partial charge in [0.2, 0.25) is 5.91 Å². The summed E-state index contributed by atoms with van der Waals surface area (Å²) >= 11 is 0. The number of nitriles is 2. The second kappa shape index (κ2) is 30.4. The van der Waals surface area contributed by atoms with Crippen LogP contribution in [-0.2, 0) is 59.3 Å². The van der Waals surface area contributed by atoms with Crippen LogP contribution in [0.4, 0.5) is 49.4 Å². The molecule has 22 nitrogen and oxygen atoms in total. The van der Waals surface area contributed by atoms with Crippen LogP contribution in [0.2, 0.25) is 25.7 Å². The van der Waals surface area contributed by atoms with Gasteiger partial charge in [-0.05, 0) is 121 Å². The third-order valence-corrected chi connectivity index (χ3v) is 21.3. The van der Waals surface area contributed by atoms with Gasteiger partial charge in [-0.2, -0.15) is 80.5 Å². The third-order valence-electron chi connectivity index (χ3n) is 19.6. The summed E-state index contributed by atoms with van der Waals surface area (Å²) in [4.78, 5) is 58.2. The first-order valence-electron chi connectivity index (χ1n) is 32.9. The number of anilines is 4. The Bertz CT molecular complexity index is 3930. The van der Waals surface area contributed by atoms with Crippen molar-refractivity contribution in [3.63, 3.8) is 0 Å². The molecule has 6 aliphatic heterocycles. The fraction of sp³-hybridized carbons (Fsp3) is 0.552. The lowest BCUT2D eigenvalue weighted by Crippen LogP contribution is -2.55. The van der Waals surface area contributed by atoms with Crippen molar-refractivity contribution < 1.29 is 50.1 Å². The van der Waals surface area contributed by atoms with Crippen LogP contribution in [0.3, 0.4) is 0 Å². The number of hydrogen-bond acceptors (Lipinski definition) is 19. The average Bonchev–Trinajstić information content (AvgIpc) is 1.71. The smallest absolute Gasteiger partial charge is 0.418 e. The van der Waals surface area contributed by atoms with Crippen LogP contribution in [0.25, 0.3) is 21.8 Å². The van der Waals surface area contributed by atoms with Crippen molar-refractivity contribution in [1.82, 2.24) is 54.6 Å². The minimum atomic E-state index is -4.60. The Kier molecular flexibility index (Phi) is 22.5. The first-order chi connectivity index (χ1) is 45.9. The second-order valence-electron chi connectivity index (χ2n) is 27.0. The first-order valence-corrected chi connectivity index (χ1v) is 36.6. The molecule has 520 valence electrons. The Morgan fingerprint density at radius 1 is 0.691 bits per heavy atom. The molecule has 0 spiro atoms. The van der Waals surface area contributed by atoms with E-state index in [2.05, 4.69) is 82.0 Å². The molecule has 4 aromatic heterocycles. The van der Waals surface area contributed by atoms with Crippen molar-refractivity contribution in [2.45, 2.75) is 134 Å². The number of carbonyl (C=O) groups is 2. The van der Waals surface area contributed by atoms with Gasteiger partial charge in [0.05, 0.1) is 95.0 Å². The third kappa shape index (κ3) is 16.1. The van der Waals surface area contributed by atoms with Crippen LogP contribution < -0.4 is 29.1 Å². The minimum absolute atomic E-state index is 0. The topological polar surface area (TPSA) is 230 Å². The lowest BCUT2D eigenvalue weighted by molar-refractivity contribution is -0.137. The summed E-state index contributed by atoms with van der Waals surface area (Å²) in [6.45, 7) is 20.5. The first kappa shape index (κ1) is 71.7. The Morgan fingerprint density at radius 3 is 1.80 bits per heavy atom. The number of piperidine rings is 1. The van der Waals surface area contributed by atoms with Gasteiger partial charge < -0.3 is 48.5 Å². The second-order valence-corrected chi connectivity index (χ2v) is 32.6. The number of amides is 1. The van der Waals surface area contributed by atoms with Gasteiger partial charge in [0.15, 0.2) is 5.78 Å². The van der Waals surface area contributed by atoms with E-state index in [0.29, 0.717) is 130 Å². The van der Waals surface area contributed by atoms with Crippen LogP contribution in [0.1, 0.15) is 78.6 Å². The molecule has 30 heteroatoms. The highest BCUT2D eigenvalue weighted by Crippen LogP contribution is 2.46. The molecule has 0 radical (unpaired) electrons. The van der Waals surface area contributed by atoms with Gasteiger partial charge in [0.25, 0.3) is 0 Å². The van der Waals surface area contributed by atoms with Gasteiger partial charge in [-0.25, -0.2) is 4.68 Å². The molecule has 4 fully saturated rings. The summed E-state index contributed by atoms with van der Waals surface area (Å²) in [7, 11) is 2.79. The number of nitrogens with zero attached hydrogens (tertiary/aromatic N) is 16. The molecular formula is C67H85F6N17O5SSi. The summed E-state index contributed by atoms with van der Waals surface area (Å²) < 4.78 is 107. The highest BCUT2D eigenvalue weighted by molar-refractivity contribution is 7.59. The molecular weight excluding hydrogens is 1300 g/mol. The number of aromatic nitrogens is 8. The van der Waals surface area contributed by atoms with Crippen LogP contribution in [0, 0.1) is 34.5 Å². The largest absolute Gasteiger partial charge is 0.462 e. The van der Waals surface area contributed by atoms with Crippen molar-refractivity contribution in [2.75, 3.05) is 112 Å². The standard InChI is InChI=1S/C37H49F3N8O3Si.C30H34F3N9O2.H2S/c1-6-33(49)27-12-17-47(21-25(27)11-14-41)35-28-13-16-46(22-31(28)43-36(44-35)51-23-26-8-7-15-45(26)2)34-29-20-42-48(24-50-18-19-52(3,4)5)32(29)10-9-30(34)37(38,39)40;1-3-26(43)42-14-13-41(16-19(42)8-10-34)28-21-9-12-40(27-22-15-35-38-24(22)7-6-23(27)30(31,32)33)17-25(21)36-29(37-28)44-18-20-5-4-11-39(20)2;/h6,9-10,20,25-27H,1,7-8,11-13,15-19,21-24H2,2-5H3;3,6-7,15,19-20H,1,4-5,8-9,11-14,16-18H2,2H3,(H,35,38);1H2/t25?,26-,27?;19?,20-;/m00./s1. The van der Waals surface area contributed by atoms with Crippen LogP contribution in [-0.4, -0.2) is 185 Å². The maximum atomic E-state index is 14.7. The Hall–Kier alpha value is -8.03. The SMILES string of the molecule is C=CC(=O)C1CCN(c2nc(OC[C@@H]3CCCN3C)nc3c2CCN(c2c(C(F)(F)F)ccc4c2cnn4COCC[Si](C)(C)C)C3)CC1CC#N.C=CC(=O)N1CCN(c2nc(OC[C@@H]3CCCN3C)nc3c2CCN(c2c(C(F)(F)F)ccc4[nH]ncc24)C3)CC1CC#N.S. The Labute approximate surface area is 568 Å². The zero-order valence-electron chi connectivity index (χ0n) is 55.6. The number of hydrogen-bond donors (Lipinski definition) is 1. The summed E-state index contributed by atoms with van der Waals surface area (Å²) in [5.41, 5.74) is 2.62. The van der Waals surface area contributed by atoms with Gasteiger partial charge in [0, 0.05) is 107 Å². The van der Waals surface area contributed by atoms with E-state index in [4.69, 9.17) is 34.1 Å². The predicted molar refractivity (Wildman–Crippen MR) is 364 cm³/mol. The monoisotopic (exact) mass is 1380 g/mol. The number of likely N-dealkylation sites (tertiary alicyclic amines) is 2. The van der Waals surface area contributed by atoms with E-state index >= 15 is 0 Å². The number of allylic oxidation sites excluding steroid dienone is 1. The number of ketones is 1. The molecule has 4 saturated heterocycles. The van der Waals surface area contributed by atoms with Crippen molar-refractivity contribution in [3.05, 3.63) is 95.6 Å². The summed E-state index contributed by atoms with van der Waals surface area (Å²) in [6.07, 6.45) is 2.16. The molecule has 1 amide bonds. The predicted octanol–water partition coefficient (Wildman–Crippen LogP) is 9.94. The highest BCUT2D eigenvalue weighted by Gasteiger charge is 2.42. The number of rotatable bonds is 20. The molecule has 5 atom stereocenters. The number of nitrogens with one attached hydrogen (secondary N) is 1. The van der Waals surface area contributed by atoms with Gasteiger partial charge in [0.1, 0.15) is 31.6 Å². The Morgan fingerprint density at radius 2 is 1.27 bits per heavy atom. The van der Waals surface area contributed by atoms with Crippen molar-refractivity contribution >= 4 is 78.1 Å². The summed E-state index contributed by atoms with van der Waals surface area (Å²) in [6, 6.07) is 10.9. The zero-order valence-corrected chi connectivity index (χ0v) is 57.6. The molecule has 3 unspecified atom stereocenters. The van der Waals surface area contributed by atoms with E-state index in [9.17, 15) is 46.5 Å². The molecule has 1 N–H and O–H groups in total. The number of benzene rings is 2. The van der Waals surface area contributed by atoms with Gasteiger partial charge in [-0.15, -0.1) is 0 Å². The van der Waals surface area contributed by atoms with Crippen LogP contribution in [0.15, 0.2) is 62.0 Å². The van der Waals surface area contributed by atoms with E-state index in [1.165, 1.54) is 36.7 Å². The van der Waals surface area contributed by atoms with Gasteiger partial charge >= 0.3 is 24.4 Å². The Balaban J connectivity index is 0.000000211. The number of ether oxygens (including phenoxy) is 3. The van der Waals surface area contributed by atoms with E-state index in [-0.39, 0.29) is 111 Å². The highest BCUT2D eigenvalue weighted by atomic mass is 32.1. The van der Waals surface area contributed by atoms with Crippen LogP contribution >= 0.6 is 13.5 Å². The number of aromatic amines is 1. The summed E-state index contributed by atoms with van der Waals surface area (Å²) in [5.74, 6) is 0.475. The van der Waals surface area contributed by atoms with E-state index in [0.717, 1.165) is 68.1 Å². The zero-order chi connectivity index (χ0) is 68.2. The molecule has 0 saturated carbocycles. The molecule has 10 heterocycles.